The summed E-state index contributed by atoms with van der Waals surface area (Å²) in [5.74, 6) is -0.216. The minimum absolute atomic E-state index is 0. The normalized spacial score (nSPS) is 16.9. The van der Waals surface area contributed by atoms with Crippen LogP contribution in [0.5, 0.6) is 0 Å². The summed E-state index contributed by atoms with van der Waals surface area (Å²) in [4.78, 5) is 22.9. The van der Waals surface area contributed by atoms with E-state index >= 15 is 0 Å². The second-order valence-electron chi connectivity index (χ2n) is 4.87. The molecule has 0 aromatic heterocycles. The quantitative estimate of drug-likeness (QED) is 0.594. The summed E-state index contributed by atoms with van der Waals surface area (Å²) in [5.41, 5.74) is 5.39. The van der Waals surface area contributed by atoms with Crippen molar-refractivity contribution in [1.29, 1.82) is 0 Å². The highest BCUT2D eigenvalue weighted by Gasteiger charge is 2.15. The molecule has 0 unspecified atom stereocenters. The second kappa shape index (κ2) is 9.86. The number of hydrogen-bond donors (Lipinski definition) is 4. The molecule has 0 heterocycles. The molecule has 1 atom stereocenters. The first kappa shape index (κ1) is 18.0. The third-order valence-corrected chi connectivity index (χ3v) is 3.11. The predicted octanol–water partition coefficient (Wildman–Crippen LogP) is 0.503. The molecule has 1 rings (SSSR count). The Morgan fingerprint density at radius 1 is 1.26 bits per heavy atom. The van der Waals surface area contributed by atoms with Gasteiger partial charge in [0.1, 0.15) is 0 Å². The summed E-state index contributed by atoms with van der Waals surface area (Å²) in [6, 6.07) is -0.0806. The van der Waals surface area contributed by atoms with E-state index in [1.54, 1.807) is 0 Å². The third kappa shape index (κ3) is 7.89. The average molecular weight is 293 g/mol. The standard InChI is InChI=1S/C12H24N4O2.ClH/c1-9(7-13)15-11(17)8-14-12(18)16-10-5-3-2-4-6-10;/h9-10H,2-8,13H2,1H3,(H,15,17)(H2,14,16,18);1H/t9-;/m0./s1. The molecule has 19 heavy (non-hydrogen) atoms. The Balaban J connectivity index is 0.00000324. The number of nitrogens with one attached hydrogen (secondary N) is 3. The van der Waals surface area contributed by atoms with E-state index in [9.17, 15) is 9.59 Å². The zero-order chi connectivity index (χ0) is 13.4. The third-order valence-electron chi connectivity index (χ3n) is 3.11. The molecule has 112 valence electrons. The molecule has 0 saturated heterocycles. The molecule has 1 saturated carbocycles. The highest BCUT2D eigenvalue weighted by atomic mass is 35.5. The van der Waals surface area contributed by atoms with Crippen molar-refractivity contribution in [2.75, 3.05) is 13.1 Å². The molecule has 7 heteroatoms. The Bertz CT molecular complexity index is 283. The number of rotatable bonds is 5. The van der Waals surface area contributed by atoms with Crippen molar-refractivity contribution in [3.8, 4) is 0 Å². The molecule has 0 aromatic rings. The van der Waals surface area contributed by atoms with Gasteiger partial charge in [-0.3, -0.25) is 4.79 Å². The summed E-state index contributed by atoms with van der Waals surface area (Å²) in [6.07, 6.45) is 5.64. The number of amides is 3. The van der Waals surface area contributed by atoms with Gasteiger partial charge in [0.2, 0.25) is 5.91 Å². The molecule has 1 aliphatic rings. The maximum atomic E-state index is 11.5. The molecule has 1 fully saturated rings. The summed E-state index contributed by atoms with van der Waals surface area (Å²) in [7, 11) is 0. The van der Waals surface area contributed by atoms with E-state index in [0.717, 1.165) is 12.8 Å². The van der Waals surface area contributed by atoms with Crippen molar-refractivity contribution in [2.45, 2.75) is 51.1 Å². The molecule has 0 radical (unpaired) electrons. The molecule has 6 nitrogen and oxygen atoms in total. The van der Waals surface area contributed by atoms with Gasteiger partial charge in [-0.2, -0.15) is 0 Å². The van der Waals surface area contributed by atoms with Gasteiger partial charge in [-0.15, -0.1) is 12.4 Å². The van der Waals surface area contributed by atoms with Crippen LogP contribution >= 0.6 is 12.4 Å². The highest BCUT2D eigenvalue weighted by molar-refractivity contribution is 5.85. The van der Waals surface area contributed by atoms with Crippen molar-refractivity contribution in [2.24, 2.45) is 5.73 Å². The Hall–Kier alpha value is -1.01. The fraction of sp³-hybridized carbons (Fsp3) is 0.833. The predicted molar refractivity (Wildman–Crippen MR) is 77.3 cm³/mol. The lowest BCUT2D eigenvalue weighted by Gasteiger charge is -2.22. The van der Waals surface area contributed by atoms with Crippen molar-refractivity contribution < 1.29 is 9.59 Å². The molecule has 5 N–H and O–H groups in total. The number of carbonyl (C=O) groups is 2. The lowest BCUT2D eigenvalue weighted by Crippen LogP contribution is -2.48. The minimum Gasteiger partial charge on any atom is -0.351 e. The summed E-state index contributed by atoms with van der Waals surface area (Å²) in [5, 5.41) is 8.13. The maximum absolute atomic E-state index is 11.5. The molecule has 3 amide bonds. The number of urea groups is 1. The monoisotopic (exact) mass is 292 g/mol. The minimum atomic E-state index is -0.266. The van der Waals surface area contributed by atoms with Gasteiger partial charge in [0, 0.05) is 18.6 Å². The fourth-order valence-electron chi connectivity index (χ4n) is 2.03. The lowest BCUT2D eigenvalue weighted by atomic mass is 9.96. The number of halogens is 1. The molecule has 0 aromatic carbocycles. The van der Waals surface area contributed by atoms with Gasteiger partial charge in [0.25, 0.3) is 0 Å². The van der Waals surface area contributed by atoms with Gasteiger partial charge in [0.05, 0.1) is 6.54 Å². The molecular formula is C12H25ClN4O2. The van der Waals surface area contributed by atoms with E-state index < -0.39 is 0 Å². The van der Waals surface area contributed by atoms with E-state index in [1.165, 1.54) is 19.3 Å². The van der Waals surface area contributed by atoms with Crippen LogP contribution in [0.1, 0.15) is 39.0 Å². The highest BCUT2D eigenvalue weighted by Crippen LogP contribution is 2.16. The number of nitrogens with two attached hydrogens (primary N) is 1. The molecule has 1 aliphatic carbocycles. The Morgan fingerprint density at radius 3 is 2.47 bits per heavy atom. The first-order valence-electron chi connectivity index (χ1n) is 6.65. The average Bonchev–Trinajstić information content (AvgIpc) is 2.37. The zero-order valence-electron chi connectivity index (χ0n) is 11.4. The Morgan fingerprint density at radius 2 is 1.89 bits per heavy atom. The van der Waals surface area contributed by atoms with Gasteiger partial charge in [-0.1, -0.05) is 19.3 Å². The Kier molecular flexibility index (Phi) is 9.34. The smallest absolute Gasteiger partial charge is 0.315 e. The van der Waals surface area contributed by atoms with Crippen LogP contribution < -0.4 is 21.7 Å². The van der Waals surface area contributed by atoms with Crippen LogP contribution in [0.3, 0.4) is 0 Å². The van der Waals surface area contributed by atoms with Gasteiger partial charge in [0.15, 0.2) is 0 Å². The van der Waals surface area contributed by atoms with Gasteiger partial charge >= 0.3 is 6.03 Å². The van der Waals surface area contributed by atoms with Crippen LogP contribution in [0.25, 0.3) is 0 Å². The van der Waals surface area contributed by atoms with Crippen LogP contribution in [0.15, 0.2) is 0 Å². The van der Waals surface area contributed by atoms with Crippen LogP contribution in [0, 0.1) is 0 Å². The van der Waals surface area contributed by atoms with E-state index in [1.807, 2.05) is 6.92 Å². The summed E-state index contributed by atoms with van der Waals surface area (Å²) < 4.78 is 0. The molecule has 0 bridgehead atoms. The summed E-state index contributed by atoms with van der Waals surface area (Å²) in [6.45, 7) is 2.20. The largest absolute Gasteiger partial charge is 0.351 e. The van der Waals surface area contributed by atoms with E-state index in [2.05, 4.69) is 16.0 Å². The topological polar surface area (TPSA) is 96.2 Å². The van der Waals surface area contributed by atoms with Crippen LogP contribution in [0.4, 0.5) is 4.79 Å². The van der Waals surface area contributed by atoms with E-state index in [0.29, 0.717) is 6.54 Å². The van der Waals surface area contributed by atoms with Crippen LogP contribution in [-0.4, -0.2) is 37.1 Å². The van der Waals surface area contributed by atoms with Crippen molar-refractivity contribution in [3.63, 3.8) is 0 Å². The first-order valence-corrected chi connectivity index (χ1v) is 6.65. The van der Waals surface area contributed by atoms with Crippen LogP contribution in [-0.2, 0) is 4.79 Å². The molecule has 0 spiro atoms. The zero-order valence-corrected chi connectivity index (χ0v) is 12.2. The van der Waals surface area contributed by atoms with Gasteiger partial charge < -0.3 is 21.7 Å². The van der Waals surface area contributed by atoms with E-state index in [-0.39, 0.29) is 43.0 Å². The van der Waals surface area contributed by atoms with Crippen molar-refractivity contribution in [3.05, 3.63) is 0 Å². The van der Waals surface area contributed by atoms with Gasteiger partial charge in [-0.25, -0.2) is 4.79 Å². The number of hydrogen-bond acceptors (Lipinski definition) is 3. The molecular weight excluding hydrogens is 268 g/mol. The lowest BCUT2D eigenvalue weighted by molar-refractivity contribution is -0.120. The molecule has 0 aliphatic heterocycles. The van der Waals surface area contributed by atoms with Crippen LogP contribution in [0.2, 0.25) is 0 Å². The first-order chi connectivity index (χ1) is 8.61. The fourth-order valence-corrected chi connectivity index (χ4v) is 2.03. The van der Waals surface area contributed by atoms with Crippen molar-refractivity contribution in [1.82, 2.24) is 16.0 Å². The maximum Gasteiger partial charge on any atom is 0.315 e. The van der Waals surface area contributed by atoms with E-state index in [4.69, 9.17) is 5.73 Å². The number of carbonyl (C=O) groups excluding carboxylic acids is 2. The summed E-state index contributed by atoms with van der Waals surface area (Å²) >= 11 is 0. The second-order valence-corrected chi connectivity index (χ2v) is 4.87. The van der Waals surface area contributed by atoms with Crippen molar-refractivity contribution >= 4 is 24.3 Å². The SMILES string of the molecule is C[C@@H](CN)NC(=O)CNC(=O)NC1CCCCC1.Cl. The Labute approximate surface area is 120 Å². The van der Waals surface area contributed by atoms with Gasteiger partial charge in [-0.05, 0) is 19.8 Å².